The van der Waals surface area contributed by atoms with Gasteiger partial charge in [0, 0.05) is 13.0 Å². The van der Waals surface area contributed by atoms with Gasteiger partial charge in [-0.3, -0.25) is 9.59 Å². The third kappa shape index (κ3) is 2.10. The summed E-state index contributed by atoms with van der Waals surface area (Å²) < 4.78 is 0. The number of hydrogen-bond acceptors (Lipinski definition) is 2. The third-order valence-corrected chi connectivity index (χ3v) is 3.71. The molecule has 2 rings (SSSR count). The minimum atomic E-state index is -0.899. The van der Waals surface area contributed by atoms with E-state index in [2.05, 4.69) is 0 Å². The number of likely N-dealkylation sites (tertiary alicyclic amines) is 1. The van der Waals surface area contributed by atoms with E-state index in [4.69, 9.17) is 0 Å². The maximum Gasteiger partial charge on any atom is 0.309 e. The van der Waals surface area contributed by atoms with Crippen molar-refractivity contribution in [2.45, 2.75) is 32.4 Å². The van der Waals surface area contributed by atoms with Gasteiger partial charge in [0.1, 0.15) is 0 Å². The fraction of sp³-hybridized carbons (Fsp3) is 0.429. The molecule has 0 bridgehead atoms. The molecule has 1 fully saturated rings. The Balaban J connectivity index is 2.23. The normalized spacial score (nSPS) is 22.2. The number of hydrogen-bond donors (Lipinski definition) is 1. The molecule has 0 unspecified atom stereocenters. The van der Waals surface area contributed by atoms with Crippen LogP contribution in [0, 0.1) is 5.92 Å². The number of carboxylic acids is 1. The first kappa shape index (κ1) is 12.6. The Bertz CT molecular complexity index is 467. The van der Waals surface area contributed by atoms with E-state index < -0.39 is 17.4 Å². The standard InChI is InChI=1S/C14H17NO3/c1-14(2)11(13(17)18)8-12(16)15(14)9-10-6-4-3-5-7-10/h3-7,11H,8-9H2,1-2H3,(H,17,18)/t11-/m0/s1. The number of aliphatic carboxylic acids is 1. The summed E-state index contributed by atoms with van der Waals surface area (Å²) in [5, 5.41) is 9.17. The van der Waals surface area contributed by atoms with E-state index >= 15 is 0 Å². The van der Waals surface area contributed by atoms with Gasteiger partial charge in [0.2, 0.25) is 5.91 Å². The van der Waals surface area contributed by atoms with E-state index in [1.165, 1.54) is 0 Å². The summed E-state index contributed by atoms with van der Waals surface area (Å²) in [7, 11) is 0. The molecule has 4 heteroatoms. The highest BCUT2D eigenvalue weighted by Gasteiger charge is 2.49. The lowest BCUT2D eigenvalue weighted by Gasteiger charge is -2.34. The highest BCUT2D eigenvalue weighted by molar-refractivity contribution is 5.88. The quantitative estimate of drug-likeness (QED) is 0.887. The molecule has 96 valence electrons. The molecule has 1 aromatic carbocycles. The van der Waals surface area contributed by atoms with Crippen LogP contribution in [0.3, 0.4) is 0 Å². The molecule has 1 N–H and O–H groups in total. The minimum absolute atomic E-state index is 0.0868. The van der Waals surface area contributed by atoms with E-state index in [0.29, 0.717) is 6.54 Å². The molecular formula is C14H17NO3. The summed E-state index contributed by atoms with van der Waals surface area (Å²) in [4.78, 5) is 24.8. The number of amides is 1. The molecule has 0 saturated carbocycles. The Labute approximate surface area is 106 Å². The summed E-state index contributed by atoms with van der Waals surface area (Å²) in [6.07, 6.45) is 0.0924. The summed E-state index contributed by atoms with van der Waals surface area (Å²) in [5.41, 5.74) is 0.378. The predicted molar refractivity (Wildman–Crippen MR) is 66.8 cm³/mol. The van der Waals surface area contributed by atoms with Crippen LogP contribution in [-0.2, 0) is 16.1 Å². The molecule has 0 aromatic heterocycles. The number of rotatable bonds is 3. The minimum Gasteiger partial charge on any atom is -0.481 e. The highest BCUT2D eigenvalue weighted by atomic mass is 16.4. The maximum atomic E-state index is 12.0. The monoisotopic (exact) mass is 247 g/mol. The van der Waals surface area contributed by atoms with Crippen LogP contribution in [0.15, 0.2) is 30.3 Å². The van der Waals surface area contributed by atoms with Gasteiger partial charge in [-0.15, -0.1) is 0 Å². The summed E-state index contributed by atoms with van der Waals surface area (Å²) >= 11 is 0. The predicted octanol–water partition coefficient (Wildman–Crippen LogP) is 1.90. The van der Waals surface area contributed by atoms with Crippen molar-refractivity contribution in [3.63, 3.8) is 0 Å². The van der Waals surface area contributed by atoms with E-state index in [9.17, 15) is 14.7 Å². The van der Waals surface area contributed by atoms with Gasteiger partial charge in [-0.05, 0) is 19.4 Å². The molecule has 0 radical (unpaired) electrons. The second-order valence-corrected chi connectivity index (χ2v) is 5.21. The number of carbonyl (C=O) groups is 2. The van der Waals surface area contributed by atoms with Crippen LogP contribution in [0.5, 0.6) is 0 Å². The molecule has 0 aliphatic carbocycles. The number of benzene rings is 1. The Hall–Kier alpha value is -1.84. The third-order valence-electron chi connectivity index (χ3n) is 3.71. The van der Waals surface area contributed by atoms with E-state index in [-0.39, 0.29) is 12.3 Å². The van der Waals surface area contributed by atoms with Crippen molar-refractivity contribution in [2.24, 2.45) is 5.92 Å². The molecule has 1 aliphatic heterocycles. The second-order valence-electron chi connectivity index (χ2n) is 5.21. The molecule has 0 spiro atoms. The van der Waals surface area contributed by atoms with Gasteiger partial charge in [0.05, 0.1) is 11.5 Å². The van der Waals surface area contributed by atoms with Gasteiger partial charge < -0.3 is 10.0 Å². The van der Waals surface area contributed by atoms with Crippen molar-refractivity contribution in [2.75, 3.05) is 0 Å². The second kappa shape index (κ2) is 4.44. The Morgan fingerprint density at radius 2 is 2.00 bits per heavy atom. The molecule has 4 nitrogen and oxygen atoms in total. The van der Waals surface area contributed by atoms with Crippen molar-refractivity contribution in [3.05, 3.63) is 35.9 Å². The van der Waals surface area contributed by atoms with Gasteiger partial charge in [0.15, 0.2) is 0 Å². The lowest BCUT2D eigenvalue weighted by molar-refractivity contribution is -0.144. The van der Waals surface area contributed by atoms with Crippen molar-refractivity contribution in [1.29, 1.82) is 0 Å². The van der Waals surface area contributed by atoms with Crippen LogP contribution in [-0.4, -0.2) is 27.4 Å². The summed E-state index contributed by atoms with van der Waals surface area (Å²) in [6.45, 7) is 4.11. The van der Waals surface area contributed by atoms with Crippen LogP contribution in [0.4, 0.5) is 0 Å². The molecule has 1 amide bonds. The van der Waals surface area contributed by atoms with Gasteiger partial charge >= 0.3 is 5.97 Å². The smallest absolute Gasteiger partial charge is 0.309 e. The Morgan fingerprint density at radius 3 is 2.50 bits per heavy atom. The maximum absolute atomic E-state index is 12.0. The first-order chi connectivity index (χ1) is 8.43. The number of nitrogens with zero attached hydrogens (tertiary/aromatic N) is 1. The van der Waals surface area contributed by atoms with E-state index in [1.54, 1.807) is 4.90 Å². The van der Waals surface area contributed by atoms with Crippen molar-refractivity contribution < 1.29 is 14.7 Å². The van der Waals surface area contributed by atoms with Gasteiger partial charge in [-0.25, -0.2) is 0 Å². The number of carboxylic acid groups (broad SMARTS) is 1. The molecule has 1 saturated heterocycles. The average molecular weight is 247 g/mol. The van der Waals surface area contributed by atoms with E-state index in [0.717, 1.165) is 5.56 Å². The van der Waals surface area contributed by atoms with E-state index in [1.807, 2.05) is 44.2 Å². The molecule has 1 aromatic rings. The molecular weight excluding hydrogens is 230 g/mol. The van der Waals surface area contributed by atoms with Crippen LogP contribution in [0.1, 0.15) is 25.8 Å². The lowest BCUT2D eigenvalue weighted by Crippen LogP contribution is -2.45. The summed E-state index contributed by atoms with van der Waals surface area (Å²) in [6, 6.07) is 9.63. The van der Waals surface area contributed by atoms with Crippen LogP contribution in [0.25, 0.3) is 0 Å². The van der Waals surface area contributed by atoms with Gasteiger partial charge in [-0.2, -0.15) is 0 Å². The van der Waals surface area contributed by atoms with Crippen LogP contribution >= 0.6 is 0 Å². The van der Waals surface area contributed by atoms with Crippen LogP contribution in [0.2, 0.25) is 0 Å². The van der Waals surface area contributed by atoms with Crippen LogP contribution < -0.4 is 0 Å². The molecule has 18 heavy (non-hydrogen) atoms. The molecule has 1 heterocycles. The number of carbonyl (C=O) groups excluding carboxylic acids is 1. The zero-order chi connectivity index (χ0) is 13.3. The molecule has 1 atom stereocenters. The fourth-order valence-corrected chi connectivity index (χ4v) is 2.49. The average Bonchev–Trinajstić information content (AvgIpc) is 2.54. The SMILES string of the molecule is CC1(C)[C@H](C(=O)O)CC(=O)N1Cc1ccccc1. The topological polar surface area (TPSA) is 57.6 Å². The fourth-order valence-electron chi connectivity index (χ4n) is 2.49. The summed E-state index contributed by atoms with van der Waals surface area (Å²) in [5.74, 6) is -1.62. The Kier molecular flexibility index (Phi) is 3.11. The zero-order valence-electron chi connectivity index (χ0n) is 10.6. The first-order valence-corrected chi connectivity index (χ1v) is 6.00. The highest BCUT2D eigenvalue weighted by Crippen LogP contribution is 2.36. The zero-order valence-corrected chi connectivity index (χ0v) is 10.6. The van der Waals surface area contributed by atoms with Crippen molar-refractivity contribution in [1.82, 2.24) is 4.90 Å². The largest absolute Gasteiger partial charge is 0.481 e. The van der Waals surface area contributed by atoms with Gasteiger partial charge in [-0.1, -0.05) is 30.3 Å². The van der Waals surface area contributed by atoms with Gasteiger partial charge in [0.25, 0.3) is 0 Å². The molecule has 1 aliphatic rings. The van der Waals surface area contributed by atoms with Crippen molar-refractivity contribution in [3.8, 4) is 0 Å². The van der Waals surface area contributed by atoms with Crippen molar-refractivity contribution >= 4 is 11.9 Å². The first-order valence-electron chi connectivity index (χ1n) is 6.00. The Morgan fingerprint density at radius 1 is 1.39 bits per heavy atom. The lowest BCUT2D eigenvalue weighted by atomic mass is 9.88.